The van der Waals surface area contributed by atoms with Crippen LogP contribution in [0.25, 0.3) is 0 Å². The molecule has 0 unspecified atom stereocenters. The predicted molar refractivity (Wildman–Crippen MR) is 134 cm³/mol. The highest BCUT2D eigenvalue weighted by Gasteiger charge is 2.27. The van der Waals surface area contributed by atoms with Gasteiger partial charge in [-0.15, -0.1) is 0 Å². The molecule has 2 heterocycles. The number of hydrogen-bond donors (Lipinski definition) is 2. The molecule has 2 fully saturated rings. The van der Waals surface area contributed by atoms with Crippen LogP contribution in [-0.4, -0.2) is 97.4 Å². The van der Waals surface area contributed by atoms with Crippen LogP contribution in [0.1, 0.15) is 21.5 Å². The number of hydroxylamine groups is 1. The van der Waals surface area contributed by atoms with Crippen LogP contribution in [0.5, 0.6) is 0 Å². The summed E-state index contributed by atoms with van der Waals surface area (Å²) in [7, 11) is 0. The maximum atomic E-state index is 13.6. The molecule has 2 aromatic rings. The number of nitrogens with one attached hydrogen (secondary N) is 1. The Balaban J connectivity index is 1.40. The van der Waals surface area contributed by atoms with E-state index in [0.29, 0.717) is 36.4 Å². The highest BCUT2D eigenvalue weighted by Crippen LogP contribution is 2.22. The van der Waals surface area contributed by atoms with Gasteiger partial charge in [0.25, 0.3) is 5.91 Å². The number of nitrogens with zero attached hydrogens (tertiary/aromatic N) is 4. The molecule has 0 spiro atoms. The molecule has 9 nitrogen and oxygen atoms in total. The quantitative estimate of drug-likeness (QED) is 0.428. The number of carbonyl (C=O) groups excluding carboxylic acids is 2. The number of carbonyl (C=O) groups is 2. The molecule has 0 aromatic heterocycles. The van der Waals surface area contributed by atoms with Crippen molar-refractivity contribution in [2.45, 2.75) is 13.2 Å². The average Bonchev–Trinajstić information content (AvgIpc) is 2.95. The second-order valence-electron chi connectivity index (χ2n) is 9.09. The minimum Gasteiger partial charge on any atom is -0.379 e. The molecule has 36 heavy (non-hydrogen) atoms. The first-order valence-corrected chi connectivity index (χ1v) is 12.3. The summed E-state index contributed by atoms with van der Waals surface area (Å²) < 4.78 is 18.5. The number of piperazine rings is 1. The van der Waals surface area contributed by atoms with Crippen LogP contribution in [0.2, 0.25) is 0 Å². The van der Waals surface area contributed by atoms with E-state index in [1.165, 1.54) is 0 Å². The van der Waals surface area contributed by atoms with Crippen LogP contribution < -0.4 is 10.4 Å². The van der Waals surface area contributed by atoms with Crippen LogP contribution in [-0.2, 0) is 18.0 Å². The fraction of sp³-hybridized carbons (Fsp3) is 0.462. The summed E-state index contributed by atoms with van der Waals surface area (Å²) in [6, 6.07) is 13.5. The molecule has 10 heteroatoms. The molecular weight excluding hydrogens is 465 g/mol. The lowest BCUT2D eigenvalue weighted by Gasteiger charge is -2.38. The Morgan fingerprint density at radius 2 is 1.44 bits per heavy atom. The minimum absolute atomic E-state index is 0.104. The van der Waals surface area contributed by atoms with E-state index in [2.05, 4.69) is 9.80 Å². The molecular formula is C26H34FN5O4. The number of hydrogen-bond acceptors (Lipinski definition) is 6. The molecule has 194 valence electrons. The Hall–Kier alpha value is -3.05. The van der Waals surface area contributed by atoms with Gasteiger partial charge in [-0.05, 0) is 35.4 Å². The molecule has 4 rings (SSSR count). The van der Waals surface area contributed by atoms with E-state index in [-0.39, 0.29) is 6.03 Å². The Kier molecular flexibility index (Phi) is 9.23. The van der Waals surface area contributed by atoms with Gasteiger partial charge in [0, 0.05) is 63.6 Å². The zero-order chi connectivity index (χ0) is 25.3. The minimum atomic E-state index is -0.595. The zero-order valence-corrected chi connectivity index (χ0v) is 20.4. The number of alkyl halides is 1. The van der Waals surface area contributed by atoms with E-state index in [4.69, 9.17) is 9.94 Å². The van der Waals surface area contributed by atoms with E-state index in [1.54, 1.807) is 58.9 Å². The molecule has 2 saturated heterocycles. The maximum Gasteiger partial charge on any atom is 0.324 e. The van der Waals surface area contributed by atoms with Gasteiger partial charge in [0.1, 0.15) is 6.67 Å². The van der Waals surface area contributed by atoms with Crippen molar-refractivity contribution >= 4 is 17.6 Å². The van der Waals surface area contributed by atoms with Crippen molar-refractivity contribution in [3.05, 3.63) is 65.2 Å². The van der Waals surface area contributed by atoms with Crippen LogP contribution in [0.3, 0.4) is 0 Å². The van der Waals surface area contributed by atoms with Crippen LogP contribution in [0.15, 0.2) is 48.5 Å². The van der Waals surface area contributed by atoms with Gasteiger partial charge in [0.2, 0.25) is 0 Å². The van der Waals surface area contributed by atoms with Crippen molar-refractivity contribution in [3.8, 4) is 0 Å². The predicted octanol–water partition coefficient (Wildman–Crippen LogP) is 2.35. The molecule has 3 amide bonds. The molecule has 0 atom stereocenters. The highest BCUT2D eigenvalue weighted by molar-refractivity contribution is 5.94. The summed E-state index contributed by atoms with van der Waals surface area (Å²) in [6.07, 6.45) is 0. The first-order valence-electron chi connectivity index (χ1n) is 12.3. The Labute approximate surface area is 211 Å². The molecule has 0 bridgehead atoms. The van der Waals surface area contributed by atoms with Gasteiger partial charge < -0.3 is 9.64 Å². The number of amides is 3. The number of benzene rings is 2. The Morgan fingerprint density at radius 3 is 2.03 bits per heavy atom. The largest absolute Gasteiger partial charge is 0.379 e. The van der Waals surface area contributed by atoms with Gasteiger partial charge in [-0.2, -0.15) is 0 Å². The summed E-state index contributed by atoms with van der Waals surface area (Å²) >= 11 is 0. The van der Waals surface area contributed by atoms with E-state index in [1.807, 2.05) is 4.90 Å². The fourth-order valence-electron chi connectivity index (χ4n) is 4.48. The van der Waals surface area contributed by atoms with Crippen molar-refractivity contribution in [2.75, 3.05) is 70.5 Å². The van der Waals surface area contributed by atoms with Crippen molar-refractivity contribution in [3.63, 3.8) is 0 Å². The number of rotatable bonds is 8. The van der Waals surface area contributed by atoms with Crippen LogP contribution >= 0.6 is 0 Å². The summed E-state index contributed by atoms with van der Waals surface area (Å²) in [4.78, 5) is 33.6. The lowest BCUT2D eigenvalue weighted by molar-refractivity contribution is 0.0310. The van der Waals surface area contributed by atoms with Gasteiger partial charge >= 0.3 is 6.03 Å². The SMILES string of the molecule is O=C(NO)c1ccc(CN(C(=O)N2CCN(CCN3CCOCC3)CC2)c2ccc(CF)cc2)cc1. The number of halogens is 1. The molecule has 2 aliphatic rings. The highest BCUT2D eigenvalue weighted by atomic mass is 19.1. The third-order valence-electron chi connectivity index (χ3n) is 6.77. The van der Waals surface area contributed by atoms with E-state index >= 15 is 0 Å². The van der Waals surface area contributed by atoms with Gasteiger partial charge in [-0.3, -0.25) is 24.7 Å². The fourth-order valence-corrected chi connectivity index (χ4v) is 4.48. The molecule has 0 radical (unpaired) electrons. The van der Waals surface area contributed by atoms with E-state index in [9.17, 15) is 14.0 Å². The van der Waals surface area contributed by atoms with Crippen LogP contribution in [0.4, 0.5) is 14.9 Å². The molecule has 2 aromatic carbocycles. The second-order valence-corrected chi connectivity index (χ2v) is 9.09. The average molecular weight is 500 g/mol. The summed E-state index contributed by atoms with van der Waals surface area (Å²) in [5, 5.41) is 8.83. The molecule has 2 aliphatic heterocycles. The van der Waals surface area contributed by atoms with Gasteiger partial charge in [-0.25, -0.2) is 14.7 Å². The normalized spacial score (nSPS) is 17.1. The summed E-state index contributed by atoms with van der Waals surface area (Å²) in [5.74, 6) is -0.595. The first kappa shape index (κ1) is 26.0. The lowest BCUT2D eigenvalue weighted by atomic mass is 10.1. The number of urea groups is 1. The Bertz CT molecular complexity index is 990. The van der Waals surface area contributed by atoms with Gasteiger partial charge in [0.15, 0.2) is 0 Å². The van der Waals surface area contributed by atoms with Crippen molar-refractivity contribution < 1.29 is 23.9 Å². The molecule has 0 saturated carbocycles. The number of anilines is 1. The van der Waals surface area contributed by atoms with Gasteiger partial charge in [-0.1, -0.05) is 24.3 Å². The lowest BCUT2D eigenvalue weighted by Crippen LogP contribution is -2.54. The zero-order valence-electron chi connectivity index (χ0n) is 20.4. The smallest absolute Gasteiger partial charge is 0.324 e. The van der Waals surface area contributed by atoms with Crippen molar-refractivity contribution in [1.82, 2.24) is 20.2 Å². The summed E-state index contributed by atoms with van der Waals surface area (Å²) in [6.45, 7) is 8.16. The standard InChI is InChI=1S/C26H34FN5O4/c27-19-21-3-7-24(8-4-21)32(20-22-1-5-23(6-2-22)25(33)28-35)26(34)31-13-11-29(12-14-31)9-10-30-15-17-36-18-16-30/h1-8,35H,9-20H2,(H,28,33). The maximum absolute atomic E-state index is 13.6. The topological polar surface area (TPSA) is 88.6 Å². The molecule has 2 N–H and O–H groups in total. The van der Waals surface area contributed by atoms with Gasteiger partial charge in [0.05, 0.1) is 19.8 Å². The third-order valence-corrected chi connectivity index (χ3v) is 6.77. The Morgan fingerprint density at radius 1 is 0.861 bits per heavy atom. The van der Waals surface area contributed by atoms with E-state index in [0.717, 1.165) is 58.0 Å². The monoisotopic (exact) mass is 499 g/mol. The summed E-state index contributed by atoms with van der Waals surface area (Å²) in [5.41, 5.74) is 4.01. The molecule has 0 aliphatic carbocycles. The van der Waals surface area contributed by atoms with E-state index < -0.39 is 12.6 Å². The van der Waals surface area contributed by atoms with Crippen molar-refractivity contribution in [2.24, 2.45) is 0 Å². The number of morpholine rings is 1. The number of ether oxygens (including phenoxy) is 1. The van der Waals surface area contributed by atoms with Crippen LogP contribution in [0, 0.1) is 0 Å². The third kappa shape index (κ3) is 6.79. The first-order chi connectivity index (χ1) is 17.6. The van der Waals surface area contributed by atoms with Crippen molar-refractivity contribution in [1.29, 1.82) is 0 Å². The second kappa shape index (κ2) is 12.8.